The molecule has 33 heavy (non-hydrogen) atoms. The van der Waals surface area contributed by atoms with E-state index >= 15 is 0 Å². The number of nitrogens with one attached hydrogen (secondary N) is 3. The average Bonchev–Trinajstić information content (AvgIpc) is 2.76. The predicted octanol–water partition coefficient (Wildman–Crippen LogP) is 0.941. The Balaban J connectivity index is 1.09. The number of hydrogen-bond donors (Lipinski definition) is 3. The van der Waals surface area contributed by atoms with Gasteiger partial charge in [0.2, 0.25) is 11.8 Å². The number of ether oxygens (including phenoxy) is 1. The third-order valence-corrected chi connectivity index (χ3v) is 7.98. The fourth-order valence-corrected chi connectivity index (χ4v) is 6.85. The van der Waals surface area contributed by atoms with Crippen LogP contribution in [-0.4, -0.2) is 92.7 Å². The summed E-state index contributed by atoms with van der Waals surface area (Å²) >= 11 is 0. The number of amides is 4. The number of nitrogens with zero attached hydrogens (tertiary/aromatic N) is 2. The molecule has 186 valence electrons. The van der Waals surface area contributed by atoms with E-state index in [1.54, 1.807) is 7.11 Å². The number of rotatable bonds is 10. The maximum Gasteiger partial charge on any atom is 0.315 e. The van der Waals surface area contributed by atoms with Crippen molar-refractivity contribution >= 4 is 17.8 Å². The smallest absolute Gasteiger partial charge is 0.315 e. The van der Waals surface area contributed by atoms with E-state index in [1.807, 2.05) is 4.90 Å². The van der Waals surface area contributed by atoms with Crippen molar-refractivity contribution in [1.29, 1.82) is 0 Å². The van der Waals surface area contributed by atoms with E-state index in [-0.39, 0.29) is 23.4 Å². The van der Waals surface area contributed by atoms with Crippen molar-refractivity contribution in [3.8, 4) is 0 Å². The molecule has 0 spiro atoms. The molecule has 9 nitrogen and oxygen atoms in total. The van der Waals surface area contributed by atoms with E-state index in [2.05, 4.69) is 20.9 Å². The highest BCUT2D eigenvalue weighted by Gasteiger charge is 2.51. The quantitative estimate of drug-likeness (QED) is 0.419. The fraction of sp³-hybridized carbons (Fsp3) is 0.875. The minimum absolute atomic E-state index is 0.00472. The molecule has 9 heteroatoms. The summed E-state index contributed by atoms with van der Waals surface area (Å²) in [6.45, 7) is 4.61. The lowest BCUT2D eigenvalue weighted by Crippen LogP contribution is -2.61. The first-order chi connectivity index (χ1) is 15.9. The van der Waals surface area contributed by atoms with Gasteiger partial charge in [0.25, 0.3) is 0 Å². The average molecular weight is 464 g/mol. The Bertz CT molecular complexity index is 672. The largest absolute Gasteiger partial charge is 0.385 e. The maximum absolute atomic E-state index is 12.6. The predicted molar refractivity (Wildman–Crippen MR) is 125 cm³/mol. The van der Waals surface area contributed by atoms with Crippen LogP contribution in [0.15, 0.2) is 0 Å². The highest BCUT2D eigenvalue weighted by Crippen LogP contribution is 2.55. The zero-order chi connectivity index (χ0) is 23.3. The summed E-state index contributed by atoms with van der Waals surface area (Å²) in [6, 6.07) is -0.119. The number of piperazine rings is 1. The summed E-state index contributed by atoms with van der Waals surface area (Å²) < 4.78 is 4.98. The topological polar surface area (TPSA) is 103 Å². The molecule has 0 atom stereocenters. The zero-order valence-corrected chi connectivity index (χ0v) is 20.1. The molecular weight excluding hydrogens is 422 g/mol. The summed E-state index contributed by atoms with van der Waals surface area (Å²) in [7, 11) is 1.65. The fourth-order valence-electron chi connectivity index (χ4n) is 6.85. The molecule has 4 saturated carbocycles. The molecule has 0 aromatic heterocycles. The van der Waals surface area contributed by atoms with Crippen molar-refractivity contribution in [2.75, 3.05) is 59.5 Å². The molecule has 0 radical (unpaired) electrons. The van der Waals surface area contributed by atoms with Gasteiger partial charge in [-0.1, -0.05) is 0 Å². The lowest BCUT2D eigenvalue weighted by Gasteiger charge is -2.56. The van der Waals surface area contributed by atoms with Crippen LogP contribution >= 0.6 is 0 Å². The van der Waals surface area contributed by atoms with Crippen LogP contribution in [-0.2, 0) is 14.3 Å². The van der Waals surface area contributed by atoms with E-state index < -0.39 is 0 Å². The van der Waals surface area contributed by atoms with E-state index in [4.69, 9.17) is 4.74 Å². The first-order valence-corrected chi connectivity index (χ1v) is 12.8. The van der Waals surface area contributed by atoms with E-state index in [1.165, 1.54) is 19.3 Å². The second-order valence-electron chi connectivity index (χ2n) is 10.7. The lowest BCUT2D eigenvalue weighted by atomic mass is 9.53. The number of urea groups is 1. The maximum atomic E-state index is 12.6. The summed E-state index contributed by atoms with van der Waals surface area (Å²) in [5.74, 6) is 2.45. The van der Waals surface area contributed by atoms with Gasteiger partial charge in [-0.3, -0.25) is 14.5 Å². The highest BCUT2D eigenvalue weighted by atomic mass is 16.5. The number of carbonyl (C=O) groups is 3. The van der Waals surface area contributed by atoms with Crippen LogP contribution < -0.4 is 16.0 Å². The Labute approximate surface area is 197 Å². The van der Waals surface area contributed by atoms with Gasteiger partial charge < -0.3 is 25.6 Å². The summed E-state index contributed by atoms with van der Waals surface area (Å²) in [5, 5.41) is 9.11. The highest BCUT2D eigenvalue weighted by molar-refractivity contribution is 5.79. The van der Waals surface area contributed by atoms with Crippen LogP contribution in [0.2, 0.25) is 0 Å². The second-order valence-corrected chi connectivity index (χ2v) is 10.7. The Hall–Kier alpha value is -1.87. The molecule has 1 aliphatic heterocycles. The summed E-state index contributed by atoms with van der Waals surface area (Å²) in [5.41, 5.74) is -0.00472. The van der Waals surface area contributed by atoms with Crippen LogP contribution in [0.1, 0.15) is 51.4 Å². The normalized spacial score (nSPS) is 30.8. The molecule has 1 heterocycles. The molecule has 5 aliphatic rings. The Morgan fingerprint density at radius 1 is 0.909 bits per heavy atom. The van der Waals surface area contributed by atoms with Gasteiger partial charge in [-0.15, -0.1) is 0 Å². The van der Waals surface area contributed by atoms with Gasteiger partial charge in [-0.25, -0.2) is 4.79 Å². The van der Waals surface area contributed by atoms with Crippen molar-refractivity contribution in [3.63, 3.8) is 0 Å². The molecule has 0 unspecified atom stereocenters. The molecule has 4 aliphatic carbocycles. The molecular formula is C24H41N5O4. The number of carbonyl (C=O) groups excluding carboxylic acids is 3. The summed E-state index contributed by atoms with van der Waals surface area (Å²) in [6.07, 6.45) is 8.55. The third-order valence-electron chi connectivity index (χ3n) is 7.98. The molecule has 1 saturated heterocycles. The lowest BCUT2D eigenvalue weighted by molar-refractivity contribution is -0.133. The van der Waals surface area contributed by atoms with Crippen LogP contribution in [0.3, 0.4) is 0 Å². The van der Waals surface area contributed by atoms with Gasteiger partial charge in [-0.05, 0) is 62.7 Å². The minimum Gasteiger partial charge on any atom is -0.385 e. The summed E-state index contributed by atoms with van der Waals surface area (Å²) in [4.78, 5) is 41.0. The van der Waals surface area contributed by atoms with Gasteiger partial charge in [0, 0.05) is 64.9 Å². The zero-order valence-electron chi connectivity index (χ0n) is 20.1. The van der Waals surface area contributed by atoms with Crippen LogP contribution in [0.4, 0.5) is 4.79 Å². The van der Waals surface area contributed by atoms with Crippen molar-refractivity contribution in [1.82, 2.24) is 25.8 Å². The van der Waals surface area contributed by atoms with Gasteiger partial charge in [0.15, 0.2) is 0 Å². The van der Waals surface area contributed by atoms with Gasteiger partial charge in [-0.2, -0.15) is 0 Å². The van der Waals surface area contributed by atoms with Crippen molar-refractivity contribution in [2.24, 2.45) is 17.8 Å². The van der Waals surface area contributed by atoms with Gasteiger partial charge in [0.1, 0.15) is 0 Å². The van der Waals surface area contributed by atoms with E-state index in [0.717, 1.165) is 43.4 Å². The minimum atomic E-state index is -0.119. The number of methoxy groups -OCH3 is 1. The number of hydrogen-bond acceptors (Lipinski definition) is 5. The Morgan fingerprint density at radius 2 is 1.55 bits per heavy atom. The van der Waals surface area contributed by atoms with E-state index in [0.29, 0.717) is 58.8 Å². The monoisotopic (exact) mass is 463 g/mol. The molecule has 5 fully saturated rings. The Morgan fingerprint density at radius 3 is 2.15 bits per heavy atom. The van der Waals surface area contributed by atoms with Gasteiger partial charge in [0.05, 0.1) is 6.54 Å². The first-order valence-electron chi connectivity index (χ1n) is 12.8. The molecule has 3 N–H and O–H groups in total. The first kappa shape index (κ1) is 24.3. The second kappa shape index (κ2) is 11.0. The molecule has 0 aromatic rings. The van der Waals surface area contributed by atoms with Crippen molar-refractivity contribution < 1.29 is 19.1 Å². The molecule has 0 aromatic carbocycles. The molecule has 5 rings (SSSR count). The van der Waals surface area contributed by atoms with Crippen molar-refractivity contribution in [2.45, 2.75) is 56.9 Å². The molecule has 4 bridgehead atoms. The standard InChI is InChI=1S/C24H41N5O4/c1-33-10-2-4-25-21(30)17-28-6-8-29(9-7-28)22(31)3-5-26-23(32)27-24-14-18-11-19(15-24)13-20(12-18)16-24/h18-20H,2-17H2,1H3,(H,25,30)(H2,26,27,32). The Kier molecular flexibility index (Phi) is 8.11. The SMILES string of the molecule is COCCCNC(=O)CN1CCN(C(=O)CCNC(=O)NC23CC4CC(CC(C4)C2)C3)CC1. The van der Waals surface area contributed by atoms with E-state index in [9.17, 15) is 14.4 Å². The molecule has 4 amide bonds. The van der Waals surface area contributed by atoms with Crippen LogP contribution in [0.25, 0.3) is 0 Å². The van der Waals surface area contributed by atoms with Crippen LogP contribution in [0.5, 0.6) is 0 Å². The van der Waals surface area contributed by atoms with Crippen LogP contribution in [0, 0.1) is 17.8 Å². The third kappa shape index (κ3) is 6.59. The van der Waals surface area contributed by atoms with Crippen molar-refractivity contribution in [3.05, 3.63) is 0 Å². The van der Waals surface area contributed by atoms with Gasteiger partial charge >= 0.3 is 6.03 Å².